The molecule has 0 aliphatic carbocycles. The van der Waals surface area contributed by atoms with Crippen LogP contribution in [-0.4, -0.2) is 40.6 Å². The molecule has 1 aromatic carbocycles. The zero-order valence-corrected chi connectivity index (χ0v) is 15.1. The van der Waals surface area contributed by atoms with Crippen LogP contribution in [0.2, 0.25) is 0 Å². The molecule has 1 aromatic heterocycles. The van der Waals surface area contributed by atoms with Crippen molar-refractivity contribution in [3.05, 3.63) is 51.4 Å². The van der Waals surface area contributed by atoms with E-state index in [1.807, 2.05) is 4.90 Å². The maximum absolute atomic E-state index is 12.1. The van der Waals surface area contributed by atoms with Gasteiger partial charge in [-0.3, -0.25) is 14.9 Å². The fraction of sp³-hybridized carbons (Fsp3) is 0.368. The number of amides is 1. The smallest absolute Gasteiger partial charge is 0.338 e. The molecule has 0 radical (unpaired) electrons. The minimum atomic E-state index is -0.512. The number of likely N-dealkylation sites (tertiary alicyclic amines) is 1. The van der Waals surface area contributed by atoms with Gasteiger partial charge in [-0.25, -0.2) is 0 Å². The van der Waals surface area contributed by atoms with E-state index in [0.717, 1.165) is 31.5 Å². The van der Waals surface area contributed by atoms with Crippen molar-refractivity contribution in [2.24, 2.45) is 0 Å². The van der Waals surface area contributed by atoms with Crippen LogP contribution in [0.5, 0.6) is 5.75 Å². The first kappa shape index (κ1) is 18.6. The Morgan fingerprint density at radius 1 is 1.26 bits per heavy atom. The fourth-order valence-electron chi connectivity index (χ4n) is 2.94. The van der Waals surface area contributed by atoms with Gasteiger partial charge in [-0.15, -0.1) is 0 Å². The molecule has 3 rings (SSSR count). The summed E-state index contributed by atoms with van der Waals surface area (Å²) in [5, 5.41) is 14.6. The molecular weight excluding hydrogens is 350 g/mol. The van der Waals surface area contributed by atoms with Gasteiger partial charge in [-0.05, 0) is 50.0 Å². The summed E-state index contributed by atoms with van der Waals surface area (Å²) in [6.45, 7) is 3.16. The second-order valence-corrected chi connectivity index (χ2v) is 6.37. The van der Waals surface area contributed by atoms with E-state index in [2.05, 4.69) is 5.16 Å². The minimum absolute atomic E-state index is 0.00618. The van der Waals surface area contributed by atoms with Gasteiger partial charge in [0.15, 0.2) is 12.3 Å². The maximum Gasteiger partial charge on any atom is 0.338 e. The van der Waals surface area contributed by atoms with Crippen LogP contribution < -0.4 is 4.74 Å². The van der Waals surface area contributed by atoms with Crippen molar-refractivity contribution in [1.29, 1.82) is 0 Å². The number of benzene rings is 1. The monoisotopic (exact) mass is 371 g/mol. The summed E-state index contributed by atoms with van der Waals surface area (Å²) in [6, 6.07) is 7.10. The van der Waals surface area contributed by atoms with E-state index in [-0.39, 0.29) is 29.7 Å². The highest BCUT2D eigenvalue weighted by Gasteiger charge is 2.21. The number of carbonyl (C=O) groups is 1. The molecule has 8 nitrogen and oxygen atoms in total. The van der Waals surface area contributed by atoms with Gasteiger partial charge in [0.1, 0.15) is 5.75 Å². The summed E-state index contributed by atoms with van der Waals surface area (Å²) >= 11 is 0. The Labute approximate surface area is 156 Å². The molecule has 1 aliphatic rings. The van der Waals surface area contributed by atoms with E-state index in [4.69, 9.17) is 9.26 Å². The number of aromatic nitrogens is 1. The molecular formula is C19H21N3O5. The number of nitrogens with zero attached hydrogens (tertiary/aromatic N) is 3. The third-order valence-corrected chi connectivity index (χ3v) is 4.42. The molecule has 1 aliphatic heterocycles. The first-order chi connectivity index (χ1) is 13.0. The fourth-order valence-corrected chi connectivity index (χ4v) is 2.94. The summed E-state index contributed by atoms with van der Waals surface area (Å²) < 4.78 is 10.5. The van der Waals surface area contributed by atoms with Gasteiger partial charge in [0.2, 0.25) is 5.76 Å². The summed E-state index contributed by atoms with van der Waals surface area (Å²) in [5.41, 5.74) is 0.914. The lowest BCUT2D eigenvalue weighted by Crippen LogP contribution is -2.38. The molecule has 0 atom stereocenters. The largest absolute Gasteiger partial charge is 0.484 e. The van der Waals surface area contributed by atoms with Gasteiger partial charge < -0.3 is 14.2 Å². The number of ether oxygens (including phenoxy) is 1. The van der Waals surface area contributed by atoms with Crippen molar-refractivity contribution in [3.63, 3.8) is 0 Å². The zero-order valence-electron chi connectivity index (χ0n) is 15.1. The lowest BCUT2D eigenvalue weighted by atomic mass is 10.1. The second-order valence-electron chi connectivity index (χ2n) is 6.37. The number of hydrogen-bond donors (Lipinski definition) is 0. The predicted molar refractivity (Wildman–Crippen MR) is 99.2 cm³/mol. The number of rotatable bonds is 6. The molecule has 0 bridgehead atoms. The van der Waals surface area contributed by atoms with Gasteiger partial charge in [-0.2, -0.15) is 0 Å². The Kier molecular flexibility index (Phi) is 5.85. The Bertz CT molecular complexity index is 836. The third kappa shape index (κ3) is 4.72. The molecule has 0 unspecified atom stereocenters. The van der Waals surface area contributed by atoms with Gasteiger partial charge >= 0.3 is 5.69 Å². The Morgan fingerprint density at radius 3 is 2.63 bits per heavy atom. The van der Waals surface area contributed by atoms with E-state index in [1.54, 1.807) is 30.3 Å². The average Bonchev–Trinajstić information content (AvgIpc) is 3.06. The molecule has 2 aromatic rings. The van der Waals surface area contributed by atoms with Gasteiger partial charge in [0.25, 0.3) is 5.91 Å². The molecule has 0 N–H and O–H groups in total. The summed E-state index contributed by atoms with van der Waals surface area (Å²) in [5.74, 6) is 0.704. The standard InChI is InChI=1S/C19H21N3O5/c1-14-19(22(24)25)17(27-20-14)10-7-15-5-8-16(9-6-15)26-13-18(23)21-11-3-2-4-12-21/h5-10H,2-4,11-13H2,1H3/b10-7+. The van der Waals surface area contributed by atoms with Gasteiger partial charge in [0.05, 0.1) is 4.92 Å². The van der Waals surface area contributed by atoms with Crippen molar-refractivity contribution in [2.75, 3.05) is 19.7 Å². The molecule has 2 heterocycles. The van der Waals surface area contributed by atoms with E-state index >= 15 is 0 Å². The van der Waals surface area contributed by atoms with Crippen molar-refractivity contribution in [3.8, 4) is 5.75 Å². The number of nitro groups is 1. The van der Waals surface area contributed by atoms with Crippen LogP contribution in [-0.2, 0) is 4.79 Å². The highest BCUT2D eigenvalue weighted by Crippen LogP contribution is 2.25. The first-order valence-electron chi connectivity index (χ1n) is 8.84. The molecule has 1 amide bonds. The number of hydrogen-bond acceptors (Lipinski definition) is 6. The van der Waals surface area contributed by atoms with Crippen molar-refractivity contribution >= 4 is 23.7 Å². The van der Waals surface area contributed by atoms with Crippen molar-refractivity contribution in [2.45, 2.75) is 26.2 Å². The maximum atomic E-state index is 12.1. The Balaban J connectivity index is 1.57. The van der Waals surface area contributed by atoms with Crippen LogP contribution >= 0.6 is 0 Å². The van der Waals surface area contributed by atoms with E-state index < -0.39 is 4.92 Å². The molecule has 1 saturated heterocycles. The minimum Gasteiger partial charge on any atom is -0.484 e. The quantitative estimate of drug-likeness (QED) is 0.570. The molecule has 142 valence electrons. The topological polar surface area (TPSA) is 98.7 Å². The van der Waals surface area contributed by atoms with Crippen LogP contribution in [0.4, 0.5) is 5.69 Å². The summed E-state index contributed by atoms with van der Waals surface area (Å²) in [6.07, 6.45) is 6.48. The molecule has 1 fully saturated rings. The number of carbonyl (C=O) groups excluding carboxylic acids is 1. The molecule has 27 heavy (non-hydrogen) atoms. The van der Waals surface area contributed by atoms with E-state index in [9.17, 15) is 14.9 Å². The molecule has 8 heteroatoms. The van der Waals surface area contributed by atoms with E-state index in [0.29, 0.717) is 5.75 Å². The van der Waals surface area contributed by atoms with Crippen LogP contribution in [0, 0.1) is 17.0 Å². The SMILES string of the molecule is Cc1noc(/C=C/c2ccc(OCC(=O)N3CCCCC3)cc2)c1[N+](=O)[O-]. The average molecular weight is 371 g/mol. The van der Waals surface area contributed by atoms with Crippen molar-refractivity contribution < 1.29 is 19.0 Å². The zero-order chi connectivity index (χ0) is 19.2. The number of piperidine rings is 1. The van der Waals surface area contributed by atoms with Gasteiger partial charge in [0, 0.05) is 13.1 Å². The first-order valence-corrected chi connectivity index (χ1v) is 8.84. The number of aryl methyl sites for hydroxylation is 1. The third-order valence-electron chi connectivity index (χ3n) is 4.42. The Morgan fingerprint density at radius 2 is 1.96 bits per heavy atom. The predicted octanol–water partition coefficient (Wildman–Crippen LogP) is 3.45. The molecule has 0 saturated carbocycles. The normalized spacial score (nSPS) is 14.5. The summed E-state index contributed by atoms with van der Waals surface area (Å²) in [7, 11) is 0. The van der Waals surface area contributed by atoms with Crippen LogP contribution in [0.25, 0.3) is 12.2 Å². The lowest BCUT2D eigenvalue weighted by Gasteiger charge is -2.26. The highest BCUT2D eigenvalue weighted by atomic mass is 16.6. The van der Waals surface area contributed by atoms with Crippen LogP contribution in [0.1, 0.15) is 36.3 Å². The van der Waals surface area contributed by atoms with Gasteiger partial charge in [-0.1, -0.05) is 23.4 Å². The van der Waals surface area contributed by atoms with Crippen LogP contribution in [0.3, 0.4) is 0 Å². The van der Waals surface area contributed by atoms with Crippen molar-refractivity contribution in [1.82, 2.24) is 10.1 Å². The lowest BCUT2D eigenvalue weighted by molar-refractivity contribution is -0.386. The molecule has 0 spiro atoms. The van der Waals surface area contributed by atoms with E-state index in [1.165, 1.54) is 19.4 Å². The Hall–Kier alpha value is -3.16. The summed E-state index contributed by atoms with van der Waals surface area (Å²) in [4.78, 5) is 24.5. The second kappa shape index (κ2) is 8.48. The van der Waals surface area contributed by atoms with Crippen LogP contribution in [0.15, 0.2) is 28.8 Å². The highest BCUT2D eigenvalue weighted by molar-refractivity contribution is 5.78.